The molecular weight excluding hydrogens is 376 g/mol. The first-order valence-corrected chi connectivity index (χ1v) is 10.6. The lowest BCUT2D eigenvalue weighted by Crippen LogP contribution is -2.35. The van der Waals surface area contributed by atoms with Crippen LogP contribution in [0.1, 0.15) is 41.4 Å². The molecule has 0 radical (unpaired) electrons. The summed E-state index contributed by atoms with van der Waals surface area (Å²) in [6.07, 6.45) is 5.88. The Balaban J connectivity index is 1.34. The van der Waals surface area contributed by atoms with E-state index in [1.165, 1.54) is 0 Å². The van der Waals surface area contributed by atoms with E-state index in [0.717, 1.165) is 84.8 Å². The monoisotopic (exact) mass is 406 g/mol. The molecule has 0 saturated carbocycles. The highest BCUT2D eigenvalue weighted by Crippen LogP contribution is 2.24. The molecule has 7 heteroatoms. The standard InChI is InChI=1S/C23H30N6O/c1-15-16(2)27-23(20-6-5-9-24-13-20)28-22(15)25-12-19-7-10-29(11-8-19)14-21-26-17(3)18(4)30-21/h5-6,9,13,19H,7-8,10-12,14H2,1-4H3,(H,25,27,28). The highest BCUT2D eigenvalue weighted by Gasteiger charge is 2.21. The fourth-order valence-electron chi connectivity index (χ4n) is 3.81. The molecule has 1 aliphatic rings. The van der Waals surface area contributed by atoms with Crippen LogP contribution >= 0.6 is 0 Å². The summed E-state index contributed by atoms with van der Waals surface area (Å²) in [4.78, 5) is 20.6. The van der Waals surface area contributed by atoms with Gasteiger partial charge < -0.3 is 9.73 Å². The first kappa shape index (κ1) is 20.5. The second kappa shape index (κ2) is 8.92. The van der Waals surface area contributed by atoms with Crippen molar-refractivity contribution >= 4 is 5.82 Å². The highest BCUT2D eigenvalue weighted by atomic mass is 16.4. The van der Waals surface area contributed by atoms with Crippen LogP contribution in [0.15, 0.2) is 28.9 Å². The van der Waals surface area contributed by atoms with E-state index in [-0.39, 0.29) is 0 Å². The fourth-order valence-corrected chi connectivity index (χ4v) is 3.81. The number of hydrogen-bond acceptors (Lipinski definition) is 7. The molecular formula is C23H30N6O. The normalized spacial score (nSPS) is 15.5. The second-order valence-electron chi connectivity index (χ2n) is 8.20. The minimum absolute atomic E-state index is 0.630. The average Bonchev–Trinajstić information content (AvgIpc) is 3.07. The van der Waals surface area contributed by atoms with Crippen LogP contribution in [-0.2, 0) is 6.54 Å². The summed E-state index contributed by atoms with van der Waals surface area (Å²) < 4.78 is 5.74. The summed E-state index contributed by atoms with van der Waals surface area (Å²) in [6, 6.07) is 3.91. The fraction of sp³-hybridized carbons (Fsp3) is 0.478. The lowest BCUT2D eigenvalue weighted by molar-refractivity contribution is 0.167. The third kappa shape index (κ3) is 4.67. The molecule has 158 valence electrons. The van der Waals surface area contributed by atoms with Gasteiger partial charge >= 0.3 is 0 Å². The van der Waals surface area contributed by atoms with E-state index in [4.69, 9.17) is 9.40 Å². The summed E-state index contributed by atoms with van der Waals surface area (Å²) in [7, 11) is 0. The Morgan fingerprint density at radius 3 is 2.53 bits per heavy atom. The van der Waals surface area contributed by atoms with Crippen LogP contribution in [0.3, 0.4) is 0 Å². The molecule has 0 bridgehead atoms. The SMILES string of the molecule is Cc1nc(CN2CCC(CNc3nc(-c4cccnc4)nc(C)c3C)CC2)oc1C. The summed E-state index contributed by atoms with van der Waals surface area (Å²) in [5.41, 5.74) is 4.03. The summed E-state index contributed by atoms with van der Waals surface area (Å²) in [5, 5.41) is 3.59. The van der Waals surface area contributed by atoms with Crippen molar-refractivity contribution < 1.29 is 4.42 Å². The number of piperidine rings is 1. The zero-order valence-electron chi connectivity index (χ0n) is 18.3. The Morgan fingerprint density at radius 2 is 1.87 bits per heavy atom. The minimum atomic E-state index is 0.630. The van der Waals surface area contributed by atoms with Crippen LogP contribution in [-0.4, -0.2) is 44.5 Å². The van der Waals surface area contributed by atoms with E-state index in [1.54, 1.807) is 12.4 Å². The van der Waals surface area contributed by atoms with E-state index >= 15 is 0 Å². The van der Waals surface area contributed by atoms with E-state index in [1.807, 2.05) is 32.9 Å². The van der Waals surface area contributed by atoms with Crippen molar-refractivity contribution in [2.45, 2.75) is 47.1 Å². The van der Waals surface area contributed by atoms with Gasteiger partial charge in [-0.15, -0.1) is 0 Å². The molecule has 4 heterocycles. The minimum Gasteiger partial charge on any atom is -0.444 e. The van der Waals surface area contributed by atoms with Gasteiger partial charge in [-0.3, -0.25) is 9.88 Å². The van der Waals surface area contributed by atoms with Crippen LogP contribution < -0.4 is 5.32 Å². The molecule has 3 aromatic rings. The maximum atomic E-state index is 5.74. The third-order valence-electron chi connectivity index (χ3n) is 6.01. The topological polar surface area (TPSA) is 80.0 Å². The lowest BCUT2D eigenvalue weighted by Gasteiger charge is -2.31. The van der Waals surface area contributed by atoms with Crippen LogP contribution in [0.2, 0.25) is 0 Å². The number of rotatable bonds is 6. The number of oxazole rings is 1. The smallest absolute Gasteiger partial charge is 0.208 e. The van der Waals surface area contributed by atoms with Gasteiger partial charge in [0.15, 0.2) is 5.82 Å². The van der Waals surface area contributed by atoms with Gasteiger partial charge in [0, 0.05) is 35.8 Å². The third-order valence-corrected chi connectivity index (χ3v) is 6.01. The number of hydrogen-bond donors (Lipinski definition) is 1. The predicted molar refractivity (Wildman–Crippen MR) is 117 cm³/mol. The van der Waals surface area contributed by atoms with Gasteiger partial charge in [0.1, 0.15) is 11.6 Å². The molecule has 0 unspecified atom stereocenters. The quantitative estimate of drug-likeness (QED) is 0.660. The average molecular weight is 407 g/mol. The van der Waals surface area contributed by atoms with Crippen molar-refractivity contribution in [3.8, 4) is 11.4 Å². The van der Waals surface area contributed by atoms with Crippen molar-refractivity contribution in [1.29, 1.82) is 0 Å². The van der Waals surface area contributed by atoms with Gasteiger partial charge in [0.05, 0.1) is 12.2 Å². The van der Waals surface area contributed by atoms with E-state index in [2.05, 4.69) is 32.1 Å². The van der Waals surface area contributed by atoms with Gasteiger partial charge in [-0.2, -0.15) is 0 Å². The van der Waals surface area contributed by atoms with Crippen molar-refractivity contribution in [3.63, 3.8) is 0 Å². The first-order chi connectivity index (χ1) is 14.5. The molecule has 0 aromatic carbocycles. The zero-order chi connectivity index (χ0) is 21.1. The molecule has 30 heavy (non-hydrogen) atoms. The molecule has 4 rings (SSSR count). The van der Waals surface area contributed by atoms with Crippen molar-refractivity contribution in [1.82, 2.24) is 24.8 Å². The molecule has 1 saturated heterocycles. The summed E-state index contributed by atoms with van der Waals surface area (Å²) in [6.45, 7) is 11.9. The Hall–Kier alpha value is -2.80. The summed E-state index contributed by atoms with van der Waals surface area (Å²) in [5.74, 6) is 4.03. The van der Waals surface area contributed by atoms with Crippen LogP contribution in [0.5, 0.6) is 0 Å². The number of likely N-dealkylation sites (tertiary alicyclic amines) is 1. The maximum Gasteiger partial charge on any atom is 0.208 e. The Kier molecular flexibility index (Phi) is 6.08. The van der Waals surface area contributed by atoms with Crippen molar-refractivity contribution in [2.75, 3.05) is 25.0 Å². The van der Waals surface area contributed by atoms with Crippen molar-refractivity contribution in [3.05, 3.63) is 53.1 Å². The van der Waals surface area contributed by atoms with Crippen molar-refractivity contribution in [2.24, 2.45) is 5.92 Å². The van der Waals surface area contributed by atoms with E-state index in [9.17, 15) is 0 Å². The number of pyridine rings is 1. The van der Waals surface area contributed by atoms with Gasteiger partial charge in [-0.1, -0.05) is 0 Å². The van der Waals surface area contributed by atoms with Gasteiger partial charge in [-0.05, 0) is 71.7 Å². The number of nitrogens with one attached hydrogen (secondary N) is 1. The molecule has 0 amide bonds. The highest BCUT2D eigenvalue weighted by molar-refractivity contribution is 5.58. The van der Waals surface area contributed by atoms with Crippen LogP contribution in [0.4, 0.5) is 5.82 Å². The molecule has 0 spiro atoms. The molecule has 1 fully saturated rings. The number of aryl methyl sites for hydroxylation is 3. The zero-order valence-corrected chi connectivity index (χ0v) is 18.3. The molecule has 7 nitrogen and oxygen atoms in total. The number of anilines is 1. The van der Waals surface area contributed by atoms with E-state index < -0.39 is 0 Å². The predicted octanol–water partition coefficient (Wildman–Crippen LogP) is 4.08. The second-order valence-corrected chi connectivity index (χ2v) is 8.20. The van der Waals surface area contributed by atoms with Gasteiger partial charge in [0.25, 0.3) is 0 Å². The Bertz CT molecular complexity index is 973. The Labute approximate surface area is 178 Å². The molecule has 1 aliphatic heterocycles. The Morgan fingerprint density at radius 1 is 1.07 bits per heavy atom. The maximum absolute atomic E-state index is 5.74. The van der Waals surface area contributed by atoms with E-state index in [0.29, 0.717) is 5.92 Å². The first-order valence-electron chi connectivity index (χ1n) is 10.6. The number of nitrogens with zero attached hydrogens (tertiary/aromatic N) is 5. The van der Waals surface area contributed by atoms with Gasteiger partial charge in [0.2, 0.25) is 5.89 Å². The lowest BCUT2D eigenvalue weighted by atomic mass is 9.96. The summed E-state index contributed by atoms with van der Waals surface area (Å²) >= 11 is 0. The van der Waals surface area contributed by atoms with Gasteiger partial charge in [-0.25, -0.2) is 15.0 Å². The van der Waals surface area contributed by atoms with Crippen LogP contribution in [0, 0.1) is 33.6 Å². The van der Waals surface area contributed by atoms with Crippen LogP contribution in [0.25, 0.3) is 11.4 Å². The molecule has 0 atom stereocenters. The molecule has 3 aromatic heterocycles. The largest absolute Gasteiger partial charge is 0.444 e. The molecule has 0 aliphatic carbocycles. The number of aromatic nitrogens is 4. The molecule has 1 N–H and O–H groups in total.